The molecule has 1 saturated heterocycles. The molecule has 4 nitrogen and oxygen atoms in total. The molecular weight excluding hydrogens is 248 g/mol. The van der Waals surface area contributed by atoms with E-state index in [9.17, 15) is 9.59 Å². The maximum Gasteiger partial charge on any atom is 0.232 e. The molecule has 0 bridgehead atoms. The average molecular weight is 272 g/mol. The molecule has 0 aromatic rings. The van der Waals surface area contributed by atoms with Gasteiger partial charge in [0, 0.05) is 12.6 Å². The SMILES string of the molecule is CC(C)(C)CC1CCCN1C(=O)CSCC(N)=O. The van der Waals surface area contributed by atoms with Crippen molar-refractivity contribution in [3.8, 4) is 0 Å². The maximum atomic E-state index is 12.1. The van der Waals surface area contributed by atoms with Crippen LogP contribution in [0.2, 0.25) is 0 Å². The van der Waals surface area contributed by atoms with Gasteiger partial charge in [-0.25, -0.2) is 0 Å². The van der Waals surface area contributed by atoms with Crippen LogP contribution < -0.4 is 5.73 Å². The van der Waals surface area contributed by atoms with Crippen molar-refractivity contribution in [1.29, 1.82) is 0 Å². The Balaban J connectivity index is 2.43. The van der Waals surface area contributed by atoms with Crippen molar-refractivity contribution in [3.63, 3.8) is 0 Å². The van der Waals surface area contributed by atoms with E-state index in [4.69, 9.17) is 5.73 Å². The lowest BCUT2D eigenvalue weighted by Gasteiger charge is -2.30. The number of likely N-dealkylation sites (tertiary alicyclic amines) is 1. The molecule has 0 saturated carbocycles. The Morgan fingerprint density at radius 2 is 2.00 bits per heavy atom. The predicted molar refractivity (Wildman–Crippen MR) is 75.3 cm³/mol. The van der Waals surface area contributed by atoms with E-state index in [2.05, 4.69) is 20.8 Å². The zero-order valence-corrected chi connectivity index (χ0v) is 12.4. The van der Waals surface area contributed by atoms with Crippen LogP contribution in [-0.2, 0) is 9.59 Å². The van der Waals surface area contributed by atoms with E-state index in [1.165, 1.54) is 11.8 Å². The minimum absolute atomic E-state index is 0.146. The van der Waals surface area contributed by atoms with Crippen molar-refractivity contribution in [3.05, 3.63) is 0 Å². The Kier molecular flexibility index (Phi) is 5.50. The van der Waals surface area contributed by atoms with Gasteiger partial charge in [0.2, 0.25) is 11.8 Å². The number of nitrogens with two attached hydrogens (primary N) is 1. The van der Waals surface area contributed by atoms with Crippen molar-refractivity contribution < 1.29 is 9.59 Å². The van der Waals surface area contributed by atoms with E-state index in [1.807, 2.05) is 4.90 Å². The summed E-state index contributed by atoms with van der Waals surface area (Å²) in [7, 11) is 0. The summed E-state index contributed by atoms with van der Waals surface area (Å²) in [5.41, 5.74) is 5.30. The number of nitrogens with zero attached hydrogens (tertiary/aromatic N) is 1. The molecule has 1 atom stereocenters. The molecule has 0 aromatic heterocycles. The lowest BCUT2D eigenvalue weighted by Crippen LogP contribution is -2.38. The lowest BCUT2D eigenvalue weighted by molar-refractivity contribution is -0.129. The first-order valence-corrected chi connectivity index (χ1v) is 7.60. The van der Waals surface area contributed by atoms with Gasteiger partial charge in [-0.1, -0.05) is 20.8 Å². The van der Waals surface area contributed by atoms with Crippen LogP contribution in [0.4, 0.5) is 0 Å². The van der Waals surface area contributed by atoms with E-state index in [-0.39, 0.29) is 23.0 Å². The third-order valence-corrected chi connectivity index (χ3v) is 3.96. The van der Waals surface area contributed by atoms with Crippen LogP contribution >= 0.6 is 11.8 Å². The summed E-state index contributed by atoms with van der Waals surface area (Å²) < 4.78 is 0. The van der Waals surface area contributed by atoms with Crippen molar-refractivity contribution in [2.24, 2.45) is 11.1 Å². The van der Waals surface area contributed by atoms with Gasteiger partial charge in [-0.05, 0) is 24.7 Å². The molecule has 18 heavy (non-hydrogen) atoms. The van der Waals surface area contributed by atoms with Crippen molar-refractivity contribution in [2.45, 2.75) is 46.1 Å². The Labute approximate surface area is 114 Å². The number of carbonyl (C=O) groups is 2. The van der Waals surface area contributed by atoms with E-state index in [0.717, 1.165) is 25.8 Å². The molecule has 1 fully saturated rings. The lowest BCUT2D eigenvalue weighted by atomic mass is 9.87. The van der Waals surface area contributed by atoms with Crippen LogP contribution in [-0.4, -0.2) is 40.8 Å². The Morgan fingerprint density at radius 3 is 2.56 bits per heavy atom. The molecule has 2 amide bonds. The van der Waals surface area contributed by atoms with Gasteiger partial charge in [-0.2, -0.15) is 0 Å². The topological polar surface area (TPSA) is 63.4 Å². The van der Waals surface area contributed by atoms with Gasteiger partial charge >= 0.3 is 0 Å². The molecule has 0 aromatic carbocycles. The van der Waals surface area contributed by atoms with Crippen molar-refractivity contribution in [2.75, 3.05) is 18.1 Å². The summed E-state index contributed by atoms with van der Waals surface area (Å²) >= 11 is 1.31. The molecule has 1 heterocycles. The highest BCUT2D eigenvalue weighted by molar-refractivity contribution is 8.00. The molecule has 0 radical (unpaired) electrons. The summed E-state index contributed by atoms with van der Waals surface area (Å²) in [5.74, 6) is 0.376. The van der Waals surface area contributed by atoms with Crippen molar-refractivity contribution in [1.82, 2.24) is 4.90 Å². The molecule has 2 N–H and O–H groups in total. The summed E-state index contributed by atoms with van der Waals surface area (Å²) in [6, 6.07) is 0.367. The molecule has 5 heteroatoms. The van der Waals surface area contributed by atoms with Crippen LogP contribution in [0.5, 0.6) is 0 Å². The van der Waals surface area contributed by atoms with Gasteiger partial charge in [0.15, 0.2) is 0 Å². The van der Waals surface area contributed by atoms with Crippen LogP contribution in [0, 0.1) is 5.41 Å². The second-order valence-electron chi connectivity index (χ2n) is 6.11. The van der Waals surface area contributed by atoms with Gasteiger partial charge in [0.25, 0.3) is 0 Å². The smallest absolute Gasteiger partial charge is 0.232 e. The molecule has 104 valence electrons. The normalized spacial score (nSPS) is 20.2. The second kappa shape index (κ2) is 6.45. The molecule has 1 aliphatic rings. The van der Waals surface area contributed by atoms with Crippen LogP contribution in [0.3, 0.4) is 0 Å². The summed E-state index contributed by atoms with van der Waals surface area (Å²) in [5, 5.41) is 0. The zero-order chi connectivity index (χ0) is 13.8. The third-order valence-electron chi connectivity index (χ3n) is 3.02. The number of hydrogen-bond acceptors (Lipinski definition) is 3. The highest BCUT2D eigenvalue weighted by Gasteiger charge is 2.31. The zero-order valence-electron chi connectivity index (χ0n) is 11.6. The monoisotopic (exact) mass is 272 g/mol. The summed E-state index contributed by atoms with van der Waals surface area (Å²) in [6.07, 6.45) is 3.23. The van der Waals surface area contributed by atoms with Crippen molar-refractivity contribution >= 4 is 23.6 Å². The fourth-order valence-electron chi connectivity index (χ4n) is 2.40. The summed E-state index contributed by atoms with van der Waals surface area (Å²) in [4.78, 5) is 24.7. The molecule has 0 spiro atoms. The third kappa shape index (κ3) is 5.29. The quantitative estimate of drug-likeness (QED) is 0.827. The fraction of sp³-hybridized carbons (Fsp3) is 0.846. The molecule has 0 aliphatic carbocycles. The minimum Gasteiger partial charge on any atom is -0.369 e. The molecule has 1 unspecified atom stereocenters. The van der Waals surface area contributed by atoms with Gasteiger partial charge in [-0.15, -0.1) is 11.8 Å². The van der Waals surface area contributed by atoms with Gasteiger partial charge in [0.1, 0.15) is 0 Å². The maximum absolute atomic E-state index is 12.1. The molecular formula is C13H24N2O2S. The number of primary amides is 1. The number of rotatable bonds is 5. The van der Waals surface area contributed by atoms with Crippen LogP contribution in [0.15, 0.2) is 0 Å². The van der Waals surface area contributed by atoms with Gasteiger partial charge in [-0.3, -0.25) is 9.59 Å². The van der Waals surface area contributed by atoms with E-state index < -0.39 is 0 Å². The first-order chi connectivity index (χ1) is 8.29. The predicted octanol–water partition coefficient (Wildman–Crippen LogP) is 1.63. The van der Waals surface area contributed by atoms with E-state index in [0.29, 0.717) is 11.8 Å². The number of amides is 2. The highest BCUT2D eigenvalue weighted by atomic mass is 32.2. The van der Waals surface area contributed by atoms with Crippen LogP contribution in [0.25, 0.3) is 0 Å². The minimum atomic E-state index is -0.361. The van der Waals surface area contributed by atoms with E-state index in [1.54, 1.807) is 0 Å². The number of carbonyl (C=O) groups excluding carboxylic acids is 2. The second-order valence-corrected chi connectivity index (χ2v) is 7.09. The standard InChI is InChI=1S/C13H24N2O2S/c1-13(2,3)7-10-5-4-6-15(10)12(17)9-18-8-11(14)16/h10H,4-9H2,1-3H3,(H2,14,16). The largest absolute Gasteiger partial charge is 0.369 e. The van der Waals surface area contributed by atoms with Crippen LogP contribution in [0.1, 0.15) is 40.0 Å². The average Bonchev–Trinajstić information content (AvgIpc) is 2.62. The first-order valence-electron chi connectivity index (χ1n) is 6.45. The Morgan fingerprint density at radius 1 is 1.33 bits per heavy atom. The number of thioether (sulfide) groups is 1. The Bertz CT molecular complexity index is 313. The van der Waals surface area contributed by atoms with E-state index >= 15 is 0 Å². The first kappa shape index (κ1) is 15.3. The molecule has 1 aliphatic heterocycles. The fourth-order valence-corrected chi connectivity index (χ4v) is 3.05. The highest BCUT2D eigenvalue weighted by Crippen LogP contribution is 2.30. The summed E-state index contributed by atoms with van der Waals surface area (Å²) in [6.45, 7) is 7.47. The molecule has 1 rings (SSSR count). The Hall–Kier alpha value is -0.710. The van der Waals surface area contributed by atoms with Gasteiger partial charge < -0.3 is 10.6 Å². The number of hydrogen-bond donors (Lipinski definition) is 1. The van der Waals surface area contributed by atoms with Gasteiger partial charge in [0.05, 0.1) is 11.5 Å².